The molecule has 0 N–H and O–H groups in total. The fourth-order valence-corrected chi connectivity index (χ4v) is 2.33. The molecule has 0 unspecified atom stereocenters. The molecular formula is C15H11BrN2O2. The van der Waals surface area contributed by atoms with Crippen molar-refractivity contribution in [2.24, 2.45) is 0 Å². The maximum absolute atomic E-state index is 11.0. The third-order valence-corrected chi connectivity index (χ3v) is 3.38. The molecule has 0 saturated heterocycles. The third-order valence-electron chi connectivity index (χ3n) is 2.89. The lowest BCUT2D eigenvalue weighted by Gasteiger charge is -2.06. The molecule has 0 aliphatic carbocycles. The van der Waals surface area contributed by atoms with Gasteiger partial charge in [0, 0.05) is 16.9 Å². The molecule has 0 radical (unpaired) electrons. The number of carbonyl (C=O) groups is 1. The van der Waals surface area contributed by atoms with Gasteiger partial charge in [-0.15, -0.1) is 0 Å². The van der Waals surface area contributed by atoms with E-state index in [1.807, 2.05) is 41.1 Å². The first-order chi connectivity index (χ1) is 9.76. The van der Waals surface area contributed by atoms with E-state index in [4.69, 9.17) is 4.74 Å². The molecule has 3 rings (SSSR count). The summed E-state index contributed by atoms with van der Waals surface area (Å²) in [6.07, 6.45) is 4.63. The lowest BCUT2D eigenvalue weighted by atomic mass is 10.2. The van der Waals surface area contributed by atoms with Crippen molar-refractivity contribution in [3.05, 3.63) is 64.5 Å². The van der Waals surface area contributed by atoms with Gasteiger partial charge in [-0.2, -0.15) is 0 Å². The maximum atomic E-state index is 11.0. The molecule has 3 aromatic rings. The van der Waals surface area contributed by atoms with Crippen LogP contribution in [0.5, 0.6) is 5.75 Å². The molecule has 0 aliphatic rings. The van der Waals surface area contributed by atoms with E-state index in [-0.39, 0.29) is 0 Å². The van der Waals surface area contributed by atoms with Crippen LogP contribution in [0.2, 0.25) is 0 Å². The SMILES string of the molecule is O=Cc1cc(Br)ccc1OCc1cn2ccccc2n1. The van der Waals surface area contributed by atoms with Crippen LogP contribution in [0.3, 0.4) is 0 Å². The number of pyridine rings is 1. The number of aromatic nitrogens is 2. The van der Waals surface area contributed by atoms with Crippen molar-refractivity contribution in [2.75, 3.05) is 0 Å². The minimum Gasteiger partial charge on any atom is -0.486 e. The van der Waals surface area contributed by atoms with E-state index in [0.717, 1.165) is 22.1 Å². The molecule has 0 saturated carbocycles. The number of nitrogens with zero attached hydrogens (tertiary/aromatic N) is 2. The summed E-state index contributed by atoms with van der Waals surface area (Å²) in [4.78, 5) is 15.5. The van der Waals surface area contributed by atoms with Crippen molar-refractivity contribution in [2.45, 2.75) is 6.61 Å². The van der Waals surface area contributed by atoms with E-state index in [1.165, 1.54) is 0 Å². The van der Waals surface area contributed by atoms with Crippen LogP contribution < -0.4 is 4.74 Å². The van der Waals surface area contributed by atoms with Gasteiger partial charge in [-0.1, -0.05) is 22.0 Å². The van der Waals surface area contributed by atoms with E-state index in [9.17, 15) is 4.79 Å². The highest BCUT2D eigenvalue weighted by molar-refractivity contribution is 9.10. The summed E-state index contributed by atoms with van der Waals surface area (Å²) in [7, 11) is 0. The second kappa shape index (κ2) is 5.46. The fourth-order valence-electron chi connectivity index (χ4n) is 1.95. The number of carbonyl (C=O) groups excluding carboxylic acids is 1. The summed E-state index contributed by atoms with van der Waals surface area (Å²) in [6, 6.07) is 11.1. The van der Waals surface area contributed by atoms with Crippen molar-refractivity contribution in [1.29, 1.82) is 0 Å². The van der Waals surface area contributed by atoms with Crippen LogP contribution >= 0.6 is 15.9 Å². The summed E-state index contributed by atoms with van der Waals surface area (Å²) in [6.45, 7) is 0.324. The van der Waals surface area contributed by atoms with Gasteiger partial charge in [0.05, 0.1) is 11.3 Å². The number of halogens is 1. The number of benzene rings is 1. The standard InChI is InChI=1S/C15H11BrN2O2/c16-12-4-5-14(11(7-12)9-19)20-10-13-8-18-6-2-1-3-15(18)17-13/h1-9H,10H2. The van der Waals surface area contributed by atoms with Crippen molar-refractivity contribution >= 4 is 27.9 Å². The molecule has 0 atom stereocenters. The Labute approximate surface area is 124 Å². The molecular weight excluding hydrogens is 320 g/mol. The Morgan fingerprint density at radius 3 is 3.00 bits per heavy atom. The molecule has 0 fully saturated rings. The van der Waals surface area contributed by atoms with Crippen molar-refractivity contribution < 1.29 is 9.53 Å². The first-order valence-electron chi connectivity index (χ1n) is 6.06. The zero-order chi connectivity index (χ0) is 13.9. The second-order valence-electron chi connectivity index (χ2n) is 4.29. The second-order valence-corrected chi connectivity index (χ2v) is 5.20. The fraction of sp³-hybridized carbons (Fsp3) is 0.0667. The Morgan fingerprint density at radius 2 is 2.20 bits per heavy atom. The maximum Gasteiger partial charge on any atom is 0.153 e. The smallest absolute Gasteiger partial charge is 0.153 e. The zero-order valence-corrected chi connectivity index (χ0v) is 12.1. The number of rotatable bonds is 4. The van der Waals surface area contributed by atoms with Gasteiger partial charge in [-0.05, 0) is 30.3 Å². The first-order valence-corrected chi connectivity index (χ1v) is 6.86. The molecule has 4 nitrogen and oxygen atoms in total. The van der Waals surface area contributed by atoms with Gasteiger partial charge in [0.2, 0.25) is 0 Å². The van der Waals surface area contributed by atoms with Crippen molar-refractivity contribution in [3.8, 4) is 5.75 Å². The van der Waals surface area contributed by atoms with E-state index >= 15 is 0 Å². The Hall–Kier alpha value is -2.14. The lowest BCUT2D eigenvalue weighted by molar-refractivity contribution is 0.111. The van der Waals surface area contributed by atoms with Gasteiger partial charge < -0.3 is 9.14 Å². The average molecular weight is 331 g/mol. The van der Waals surface area contributed by atoms with Gasteiger partial charge in [0.25, 0.3) is 0 Å². The Bertz CT molecular complexity index is 734. The monoisotopic (exact) mass is 330 g/mol. The van der Waals surface area contributed by atoms with Crippen LogP contribution in [0.15, 0.2) is 53.3 Å². The molecule has 20 heavy (non-hydrogen) atoms. The number of ether oxygens (including phenoxy) is 1. The average Bonchev–Trinajstić information content (AvgIpc) is 2.88. The highest BCUT2D eigenvalue weighted by atomic mass is 79.9. The largest absolute Gasteiger partial charge is 0.486 e. The molecule has 5 heteroatoms. The van der Waals surface area contributed by atoms with Crippen molar-refractivity contribution in [3.63, 3.8) is 0 Å². The normalized spacial score (nSPS) is 10.7. The number of hydrogen-bond acceptors (Lipinski definition) is 3. The molecule has 100 valence electrons. The third kappa shape index (κ3) is 2.58. The molecule has 0 bridgehead atoms. The van der Waals surface area contributed by atoms with E-state index in [1.54, 1.807) is 12.1 Å². The predicted octanol–water partition coefficient (Wildman–Crippen LogP) is 3.49. The Morgan fingerprint density at radius 1 is 1.30 bits per heavy atom. The summed E-state index contributed by atoms with van der Waals surface area (Å²) >= 11 is 3.33. The molecule has 0 spiro atoms. The quantitative estimate of drug-likeness (QED) is 0.688. The number of aldehydes is 1. The summed E-state index contributed by atoms with van der Waals surface area (Å²) in [5.41, 5.74) is 2.21. The summed E-state index contributed by atoms with van der Waals surface area (Å²) in [5.74, 6) is 0.556. The Balaban J connectivity index is 1.80. The van der Waals surface area contributed by atoms with Crippen molar-refractivity contribution in [1.82, 2.24) is 9.38 Å². The predicted molar refractivity (Wildman–Crippen MR) is 79.1 cm³/mol. The van der Waals surface area contributed by atoms with E-state index < -0.39 is 0 Å². The highest BCUT2D eigenvalue weighted by Crippen LogP contribution is 2.22. The first kappa shape index (κ1) is 12.9. The molecule has 0 amide bonds. The van der Waals surface area contributed by atoms with Gasteiger partial charge in [-0.3, -0.25) is 4.79 Å². The zero-order valence-electron chi connectivity index (χ0n) is 10.5. The summed E-state index contributed by atoms with van der Waals surface area (Å²) in [5, 5.41) is 0. The van der Waals surface area contributed by atoms with Crippen LogP contribution in [-0.4, -0.2) is 15.7 Å². The lowest BCUT2D eigenvalue weighted by Crippen LogP contribution is -1.98. The molecule has 0 aliphatic heterocycles. The van der Waals surface area contributed by atoms with Crippen LogP contribution in [0.25, 0.3) is 5.65 Å². The van der Waals surface area contributed by atoms with E-state index in [2.05, 4.69) is 20.9 Å². The minimum absolute atomic E-state index is 0.324. The molecule has 2 heterocycles. The van der Waals surface area contributed by atoms with Crippen LogP contribution in [0.4, 0.5) is 0 Å². The Kier molecular flexibility index (Phi) is 3.52. The number of hydrogen-bond donors (Lipinski definition) is 0. The number of imidazole rings is 1. The summed E-state index contributed by atoms with van der Waals surface area (Å²) < 4.78 is 8.45. The topological polar surface area (TPSA) is 43.6 Å². The van der Waals surface area contributed by atoms with E-state index in [0.29, 0.717) is 17.9 Å². The van der Waals surface area contributed by atoms with Gasteiger partial charge in [0.1, 0.15) is 18.0 Å². The molecule has 2 aromatic heterocycles. The number of fused-ring (bicyclic) bond motifs is 1. The van der Waals surface area contributed by atoms with Gasteiger partial charge >= 0.3 is 0 Å². The highest BCUT2D eigenvalue weighted by Gasteiger charge is 2.06. The minimum atomic E-state index is 0.324. The van der Waals surface area contributed by atoms with Gasteiger partial charge in [0.15, 0.2) is 6.29 Å². The van der Waals surface area contributed by atoms with Crippen LogP contribution in [0, 0.1) is 0 Å². The van der Waals surface area contributed by atoms with Crippen LogP contribution in [-0.2, 0) is 6.61 Å². The molecule has 1 aromatic carbocycles. The van der Waals surface area contributed by atoms with Gasteiger partial charge in [-0.25, -0.2) is 4.98 Å². The van der Waals surface area contributed by atoms with Crippen LogP contribution in [0.1, 0.15) is 16.1 Å².